The Labute approximate surface area is 443 Å². The Balaban J connectivity index is 0.785. The van der Waals surface area contributed by atoms with Crippen molar-refractivity contribution in [3.05, 3.63) is 272 Å². The van der Waals surface area contributed by atoms with Crippen molar-refractivity contribution in [1.29, 1.82) is 5.26 Å². The summed E-state index contributed by atoms with van der Waals surface area (Å²) in [5.74, 6) is 0.580. The third-order valence-corrected chi connectivity index (χ3v) is 15.3. The van der Waals surface area contributed by atoms with Crippen LogP contribution in [0.3, 0.4) is 0 Å². The molecular formula is C71H44N6. The number of para-hydroxylation sites is 4. The van der Waals surface area contributed by atoms with E-state index < -0.39 is 0 Å². The van der Waals surface area contributed by atoms with Gasteiger partial charge in [0.15, 0.2) is 5.82 Å². The Morgan fingerprint density at radius 2 is 0.610 bits per heavy atom. The van der Waals surface area contributed by atoms with E-state index in [1.54, 1.807) is 6.07 Å². The molecule has 0 fully saturated rings. The van der Waals surface area contributed by atoms with Crippen LogP contribution in [0.25, 0.3) is 139 Å². The summed E-state index contributed by atoms with van der Waals surface area (Å²) in [6.45, 7) is 0. The van der Waals surface area contributed by atoms with Crippen LogP contribution in [-0.4, -0.2) is 23.7 Å². The van der Waals surface area contributed by atoms with Crippen LogP contribution in [0.5, 0.6) is 0 Å². The lowest BCUT2D eigenvalue weighted by Crippen LogP contribution is -1.96. The fraction of sp³-hybridized carbons (Fsp3) is 0. The summed E-state index contributed by atoms with van der Waals surface area (Å²) in [4.78, 5) is 9.96. The van der Waals surface area contributed by atoms with Crippen LogP contribution in [0.1, 0.15) is 5.56 Å². The molecule has 358 valence electrons. The molecule has 6 heteroatoms. The van der Waals surface area contributed by atoms with Crippen LogP contribution in [-0.2, 0) is 0 Å². The Morgan fingerprint density at radius 3 is 1.06 bits per heavy atom. The minimum atomic E-state index is 0.571. The van der Waals surface area contributed by atoms with Crippen molar-refractivity contribution in [3.63, 3.8) is 0 Å². The molecule has 4 heterocycles. The SMILES string of the molecule is N#Cc1cccc(-c2nc(-c3ccccc3)cc(-c3ccc(-c4ccc(-c5ccc(-n6c7ccc(-n8c9ccccc9c9ccccc98)cc7c7cc(-n8c9ccccc9c9ccccc98)ccc76)cc5)cc4)cc3)n2)c1. The van der Waals surface area contributed by atoms with Crippen molar-refractivity contribution in [1.82, 2.24) is 23.7 Å². The van der Waals surface area contributed by atoms with E-state index in [0.29, 0.717) is 11.4 Å². The Bertz CT molecular complexity index is 4560. The molecule has 15 aromatic rings. The van der Waals surface area contributed by atoms with E-state index in [9.17, 15) is 5.26 Å². The van der Waals surface area contributed by atoms with Crippen LogP contribution < -0.4 is 0 Å². The highest BCUT2D eigenvalue weighted by molar-refractivity contribution is 6.14. The molecule has 11 aromatic carbocycles. The van der Waals surface area contributed by atoms with Crippen molar-refractivity contribution in [2.24, 2.45) is 0 Å². The van der Waals surface area contributed by atoms with Crippen molar-refractivity contribution >= 4 is 65.4 Å². The zero-order valence-corrected chi connectivity index (χ0v) is 41.6. The first-order chi connectivity index (χ1) is 38.1. The molecule has 0 aliphatic carbocycles. The largest absolute Gasteiger partial charge is 0.309 e. The van der Waals surface area contributed by atoms with E-state index >= 15 is 0 Å². The molecule has 0 saturated heterocycles. The first kappa shape index (κ1) is 43.9. The van der Waals surface area contributed by atoms with Gasteiger partial charge in [-0.2, -0.15) is 5.26 Å². The van der Waals surface area contributed by atoms with Crippen molar-refractivity contribution in [2.45, 2.75) is 0 Å². The maximum absolute atomic E-state index is 9.61. The molecule has 0 aliphatic rings. The predicted octanol–water partition coefficient (Wildman–Crippen LogP) is 18.0. The van der Waals surface area contributed by atoms with Gasteiger partial charge in [0.1, 0.15) is 0 Å². The quantitative estimate of drug-likeness (QED) is 0.152. The molecule has 0 radical (unpaired) electrons. The average Bonchev–Trinajstić information content (AvgIpc) is 4.23. The van der Waals surface area contributed by atoms with Gasteiger partial charge in [0, 0.05) is 66.1 Å². The number of hydrogen-bond acceptors (Lipinski definition) is 3. The molecule has 0 N–H and O–H groups in total. The lowest BCUT2D eigenvalue weighted by molar-refractivity contribution is 1.16. The zero-order chi connectivity index (χ0) is 51.0. The van der Waals surface area contributed by atoms with Gasteiger partial charge in [-0.05, 0) is 113 Å². The lowest BCUT2D eigenvalue weighted by atomic mass is 9.98. The van der Waals surface area contributed by atoms with E-state index in [-0.39, 0.29) is 0 Å². The van der Waals surface area contributed by atoms with Gasteiger partial charge in [0.05, 0.1) is 56.1 Å². The average molecular weight is 981 g/mol. The molecule has 0 aliphatic heterocycles. The first-order valence-electron chi connectivity index (χ1n) is 25.9. The number of aromatic nitrogens is 5. The number of rotatable bonds is 8. The van der Waals surface area contributed by atoms with Gasteiger partial charge in [0.25, 0.3) is 0 Å². The Kier molecular flexibility index (Phi) is 10.2. The van der Waals surface area contributed by atoms with Crippen LogP contribution >= 0.6 is 0 Å². The number of nitriles is 1. The fourth-order valence-corrected chi connectivity index (χ4v) is 11.7. The van der Waals surface area contributed by atoms with E-state index in [2.05, 4.69) is 238 Å². The van der Waals surface area contributed by atoms with Crippen LogP contribution in [0.2, 0.25) is 0 Å². The van der Waals surface area contributed by atoms with E-state index in [4.69, 9.17) is 9.97 Å². The van der Waals surface area contributed by atoms with E-state index in [1.807, 2.05) is 42.5 Å². The Morgan fingerprint density at radius 1 is 0.260 bits per heavy atom. The molecule has 0 unspecified atom stereocenters. The lowest BCUT2D eigenvalue weighted by Gasteiger charge is -2.12. The number of hydrogen-bond donors (Lipinski definition) is 0. The molecule has 4 aromatic heterocycles. The zero-order valence-electron chi connectivity index (χ0n) is 41.6. The Hall–Kier alpha value is -10.6. The topological polar surface area (TPSA) is 64.4 Å². The van der Waals surface area contributed by atoms with Gasteiger partial charge in [0.2, 0.25) is 0 Å². The highest BCUT2D eigenvalue weighted by atomic mass is 15.0. The minimum Gasteiger partial charge on any atom is -0.309 e. The molecule has 0 spiro atoms. The molecule has 15 rings (SSSR count). The standard InChI is InChI=1S/C71H44N6/c72-45-46-13-12-16-53(41-46)71-73-63(51-14-2-1-3-15-51)44-64(74-71)52-31-29-49(30-32-52)47-25-27-48(28-26-47)50-33-35-54(36-34-50)75-69-39-37-55(76-65-21-8-4-17-57(65)58-18-5-9-22-66(58)76)42-61(69)62-43-56(38-40-70(62)75)77-67-23-10-6-19-59(67)60-20-7-11-24-68(60)77/h1-44H. The minimum absolute atomic E-state index is 0.571. The van der Waals surface area contributed by atoms with Gasteiger partial charge in [-0.15, -0.1) is 0 Å². The number of nitrogens with zero attached hydrogens (tertiary/aromatic N) is 6. The molecule has 0 bridgehead atoms. The van der Waals surface area contributed by atoms with Gasteiger partial charge < -0.3 is 13.7 Å². The summed E-state index contributed by atoms with van der Waals surface area (Å²) >= 11 is 0. The van der Waals surface area contributed by atoms with Gasteiger partial charge in [-0.25, -0.2) is 9.97 Å². The summed E-state index contributed by atoms with van der Waals surface area (Å²) in [6.07, 6.45) is 0. The summed E-state index contributed by atoms with van der Waals surface area (Å²) < 4.78 is 7.25. The monoisotopic (exact) mass is 980 g/mol. The smallest absolute Gasteiger partial charge is 0.160 e. The van der Waals surface area contributed by atoms with Crippen molar-refractivity contribution in [3.8, 4) is 79.3 Å². The number of fused-ring (bicyclic) bond motifs is 9. The predicted molar refractivity (Wildman–Crippen MR) is 317 cm³/mol. The van der Waals surface area contributed by atoms with E-state index in [0.717, 1.165) is 78.4 Å². The summed E-state index contributed by atoms with van der Waals surface area (Å²) in [5, 5.41) is 17.0. The van der Waals surface area contributed by atoms with Gasteiger partial charge >= 0.3 is 0 Å². The highest BCUT2D eigenvalue weighted by Gasteiger charge is 2.20. The second-order valence-electron chi connectivity index (χ2n) is 19.7. The normalized spacial score (nSPS) is 11.6. The van der Waals surface area contributed by atoms with Gasteiger partial charge in [-0.3, -0.25) is 0 Å². The van der Waals surface area contributed by atoms with E-state index in [1.165, 1.54) is 54.4 Å². The van der Waals surface area contributed by atoms with Crippen molar-refractivity contribution in [2.75, 3.05) is 0 Å². The van der Waals surface area contributed by atoms with Crippen molar-refractivity contribution < 1.29 is 0 Å². The highest BCUT2D eigenvalue weighted by Crippen LogP contribution is 2.40. The van der Waals surface area contributed by atoms with Gasteiger partial charge in [-0.1, -0.05) is 176 Å². The molecular weight excluding hydrogens is 937 g/mol. The molecule has 6 nitrogen and oxygen atoms in total. The second kappa shape index (κ2) is 17.8. The maximum Gasteiger partial charge on any atom is 0.160 e. The number of benzene rings is 11. The summed E-state index contributed by atoms with van der Waals surface area (Å²) in [6, 6.07) is 97.1. The third-order valence-electron chi connectivity index (χ3n) is 15.3. The first-order valence-corrected chi connectivity index (χ1v) is 25.9. The summed E-state index contributed by atoms with van der Waals surface area (Å²) in [5.41, 5.74) is 20.0. The second-order valence-corrected chi connectivity index (χ2v) is 19.7. The third kappa shape index (κ3) is 7.33. The van der Waals surface area contributed by atoms with Crippen LogP contribution in [0, 0.1) is 11.3 Å². The maximum atomic E-state index is 9.61. The van der Waals surface area contributed by atoms with Crippen LogP contribution in [0.15, 0.2) is 267 Å². The molecule has 0 saturated carbocycles. The fourth-order valence-electron chi connectivity index (χ4n) is 11.7. The molecule has 77 heavy (non-hydrogen) atoms. The molecule has 0 amide bonds. The molecule has 0 atom stereocenters. The summed E-state index contributed by atoms with van der Waals surface area (Å²) in [7, 11) is 0. The van der Waals surface area contributed by atoms with Crippen LogP contribution in [0.4, 0.5) is 0 Å².